The molecule has 0 saturated carbocycles. The SMILES string of the molecule is C=CC(=O)OCC(O)COc1ccc(-c2nc(-c3ccc(C)cc3C)nc(-c3ccc(C)cc3C)n2)c(O)c1. The molecule has 1 aromatic heterocycles. The summed E-state index contributed by atoms with van der Waals surface area (Å²) in [5.41, 5.74) is 6.49. The van der Waals surface area contributed by atoms with E-state index in [4.69, 9.17) is 24.4 Å². The van der Waals surface area contributed by atoms with Crippen molar-refractivity contribution in [2.24, 2.45) is 0 Å². The lowest BCUT2D eigenvalue weighted by Crippen LogP contribution is -2.24. The van der Waals surface area contributed by atoms with Crippen LogP contribution in [-0.2, 0) is 9.53 Å². The largest absolute Gasteiger partial charge is 0.507 e. The zero-order valence-corrected chi connectivity index (χ0v) is 22.4. The number of phenolic OH excluding ortho intramolecular Hbond substituents is 1. The molecule has 4 aromatic rings. The van der Waals surface area contributed by atoms with E-state index in [0.717, 1.165) is 39.5 Å². The summed E-state index contributed by atoms with van der Waals surface area (Å²) in [5.74, 6) is 0.922. The second kappa shape index (κ2) is 11.9. The van der Waals surface area contributed by atoms with E-state index in [1.54, 1.807) is 12.1 Å². The van der Waals surface area contributed by atoms with Crippen molar-refractivity contribution in [3.63, 3.8) is 0 Å². The second-order valence-electron chi connectivity index (χ2n) is 9.42. The third kappa shape index (κ3) is 6.66. The number of carbonyl (C=O) groups is 1. The fraction of sp³-hybridized carbons (Fsp3) is 0.226. The van der Waals surface area contributed by atoms with Crippen LogP contribution in [0.5, 0.6) is 11.5 Å². The first-order valence-electron chi connectivity index (χ1n) is 12.5. The van der Waals surface area contributed by atoms with Crippen molar-refractivity contribution in [1.29, 1.82) is 0 Å². The minimum atomic E-state index is -1.04. The molecular weight excluding hydrogens is 494 g/mol. The van der Waals surface area contributed by atoms with Crippen molar-refractivity contribution in [3.8, 4) is 45.7 Å². The quantitative estimate of drug-likeness (QED) is 0.224. The summed E-state index contributed by atoms with van der Waals surface area (Å²) in [6.07, 6.45) is -0.0253. The Morgan fingerprint density at radius 3 is 1.82 bits per heavy atom. The molecule has 200 valence electrons. The van der Waals surface area contributed by atoms with Crippen LogP contribution in [0.3, 0.4) is 0 Å². The molecule has 0 aliphatic rings. The van der Waals surface area contributed by atoms with Crippen LogP contribution in [0.4, 0.5) is 0 Å². The van der Waals surface area contributed by atoms with E-state index < -0.39 is 12.1 Å². The summed E-state index contributed by atoms with van der Waals surface area (Å²) in [5, 5.41) is 20.9. The van der Waals surface area contributed by atoms with Crippen molar-refractivity contribution in [2.45, 2.75) is 33.8 Å². The molecule has 2 N–H and O–H groups in total. The predicted octanol–water partition coefficient (Wildman–Crippen LogP) is 5.28. The van der Waals surface area contributed by atoms with Crippen molar-refractivity contribution in [3.05, 3.63) is 89.5 Å². The average molecular weight is 526 g/mol. The van der Waals surface area contributed by atoms with Crippen molar-refractivity contribution in [2.75, 3.05) is 13.2 Å². The molecule has 8 heteroatoms. The highest BCUT2D eigenvalue weighted by Crippen LogP contribution is 2.34. The van der Waals surface area contributed by atoms with Crippen molar-refractivity contribution < 1.29 is 24.5 Å². The van der Waals surface area contributed by atoms with Gasteiger partial charge in [-0.3, -0.25) is 0 Å². The first kappa shape index (κ1) is 27.5. The van der Waals surface area contributed by atoms with Crippen LogP contribution < -0.4 is 4.74 Å². The fourth-order valence-corrected chi connectivity index (χ4v) is 4.13. The van der Waals surface area contributed by atoms with Gasteiger partial charge in [0, 0.05) is 23.3 Å². The number of aromatic nitrogens is 3. The van der Waals surface area contributed by atoms with E-state index in [1.165, 1.54) is 6.07 Å². The summed E-state index contributed by atoms with van der Waals surface area (Å²) in [7, 11) is 0. The Morgan fingerprint density at radius 1 is 0.821 bits per heavy atom. The van der Waals surface area contributed by atoms with Gasteiger partial charge in [-0.1, -0.05) is 54.1 Å². The smallest absolute Gasteiger partial charge is 0.330 e. The van der Waals surface area contributed by atoms with Crippen LogP contribution in [0.15, 0.2) is 67.3 Å². The van der Waals surface area contributed by atoms with Gasteiger partial charge < -0.3 is 19.7 Å². The minimum absolute atomic E-state index is 0.0931. The van der Waals surface area contributed by atoms with Gasteiger partial charge in [-0.05, 0) is 51.0 Å². The number of aryl methyl sites for hydroxylation is 4. The van der Waals surface area contributed by atoms with Gasteiger partial charge in [0.05, 0.1) is 5.56 Å². The van der Waals surface area contributed by atoms with E-state index in [9.17, 15) is 15.0 Å². The number of aliphatic hydroxyl groups excluding tert-OH is 1. The van der Waals surface area contributed by atoms with E-state index in [1.807, 2.05) is 52.0 Å². The lowest BCUT2D eigenvalue weighted by Gasteiger charge is -2.14. The molecule has 1 heterocycles. The predicted molar refractivity (Wildman–Crippen MR) is 149 cm³/mol. The number of aliphatic hydroxyl groups is 1. The number of rotatable bonds is 9. The highest BCUT2D eigenvalue weighted by Gasteiger charge is 2.18. The maximum atomic E-state index is 11.2. The first-order chi connectivity index (χ1) is 18.6. The molecule has 1 unspecified atom stereocenters. The van der Waals surface area contributed by atoms with Gasteiger partial charge in [-0.2, -0.15) is 0 Å². The number of hydrogen-bond donors (Lipinski definition) is 2. The second-order valence-corrected chi connectivity index (χ2v) is 9.42. The Labute approximate surface area is 227 Å². The molecule has 0 bridgehead atoms. The Kier molecular flexibility index (Phi) is 8.36. The average Bonchev–Trinajstić information content (AvgIpc) is 2.90. The molecule has 0 aliphatic heterocycles. The summed E-state index contributed by atoms with van der Waals surface area (Å²) in [6.45, 7) is 11.0. The summed E-state index contributed by atoms with van der Waals surface area (Å²) in [6, 6.07) is 16.9. The van der Waals surface area contributed by atoms with Gasteiger partial charge in [0.15, 0.2) is 17.5 Å². The molecule has 0 spiro atoms. The summed E-state index contributed by atoms with van der Waals surface area (Å²) < 4.78 is 10.4. The van der Waals surface area contributed by atoms with E-state index in [2.05, 4.69) is 18.7 Å². The molecule has 0 radical (unpaired) electrons. The van der Waals surface area contributed by atoms with Crippen LogP contribution in [0.25, 0.3) is 34.2 Å². The number of carbonyl (C=O) groups excluding carboxylic acids is 1. The maximum Gasteiger partial charge on any atom is 0.330 e. The normalized spacial score (nSPS) is 11.6. The molecule has 0 amide bonds. The third-order valence-corrected chi connectivity index (χ3v) is 6.12. The monoisotopic (exact) mass is 525 g/mol. The lowest BCUT2D eigenvalue weighted by atomic mass is 10.0. The third-order valence-electron chi connectivity index (χ3n) is 6.12. The van der Waals surface area contributed by atoms with Crippen LogP contribution in [0, 0.1) is 27.7 Å². The van der Waals surface area contributed by atoms with Crippen LogP contribution in [0.2, 0.25) is 0 Å². The highest BCUT2D eigenvalue weighted by atomic mass is 16.5. The Bertz CT molecular complexity index is 1460. The Hall–Kier alpha value is -4.56. The van der Waals surface area contributed by atoms with Gasteiger partial charge in [-0.15, -0.1) is 0 Å². The fourth-order valence-electron chi connectivity index (χ4n) is 4.13. The molecule has 0 saturated heterocycles. The molecular formula is C31H31N3O5. The number of aromatic hydroxyl groups is 1. The van der Waals surface area contributed by atoms with Crippen molar-refractivity contribution in [1.82, 2.24) is 15.0 Å². The molecule has 3 aromatic carbocycles. The zero-order valence-electron chi connectivity index (χ0n) is 22.4. The number of benzene rings is 3. The lowest BCUT2D eigenvalue weighted by molar-refractivity contribution is -0.141. The van der Waals surface area contributed by atoms with Gasteiger partial charge in [0.25, 0.3) is 0 Å². The molecule has 8 nitrogen and oxygen atoms in total. The van der Waals surface area contributed by atoms with Gasteiger partial charge in [-0.25, -0.2) is 19.7 Å². The molecule has 4 rings (SSSR count). The van der Waals surface area contributed by atoms with Crippen LogP contribution in [0.1, 0.15) is 22.3 Å². The first-order valence-corrected chi connectivity index (χ1v) is 12.5. The van der Waals surface area contributed by atoms with Crippen LogP contribution >= 0.6 is 0 Å². The Balaban J connectivity index is 1.69. The topological polar surface area (TPSA) is 115 Å². The zero-order chi connectivity index (χ0) is 28.1. The van der Waals surface area contributed by atoms with Gasteiger partial charge in [0.2, 0.25) is 0 Å². The maximum absolute atomic E-state index is 11.2. The summed E-state index contributed by atoms with van der Waals surface area (Å²) in [4.78, 5) is 25.4. The van der Waals surface area contributed by atoms with E-state index in [-0.39, 0.29) is 19.0 Å². The molecule has 0 aliphatic carbocycles. The number of esters is 1. The minimum Gasteiger partial charge on any atom is -0.507 e. The molecule has 1 atom stereocenters. The van der Waals surface area contributed by atoms with E-state index in [0.29, 0.717) is 28.8 Å². The highest BCUT2D eigenvalue weighted by molar-refractivity contribution is 5.81. The number of nitrogens with zero attached hydrogens (tertiary/aromatic N) is 3. The standard InChI is InChI=1S/C31H31N3O5/c1-6-28(37)39-17-22(35)16-38-23-9-12-26(27(36)15-23)31-33-29(24-10-7-18(2)13-20(24)4)32-30(34-31)25-11-8-19(3)14-21(25)5/h6-15,22,35-36H,1,16-17H2,2-5H3. The number of hydrogen-bond acceptors (Lipinski definition) is 8. The molecule has 0 fully saturated rings. The van der Waals surface area contributed by atoms with Gasteiger partial charge in [0.1, 0.15) is 30.8 Å². The van der Waals surface area contributed by atoms with Crippen molar-refractivity contribution >= 4 is 5.97 Å². The van der Waals surface area contributed by atoms with Crippen LogP contribution in [-0.4, -0.2) is 50.5 Å². The number of ether oxygens (including phenoxy) is 2. The van der Waals surface area contributed by atoms with Gasteiger partial charge >= 0.3 is 5.97 Å². The molecule has 39 heavy (non-hydrogen) atoms. The summed E-state index contributed by atoms with van der Waals surface area (Å²) >= 11 is 0. The van der Waals surface area contributed by atoms with E-state index >= 15 is 0 Å². The Morgan fingerprint density at radius 2 is 1.33 bits per heavy atom. The number of phenols is 1.